The topological polar surface area (TPSA) is 75.1 Å². The molecule has 0 aliphatic heterocycles. The van der Waals surface area contributed by atoms with Crippen molar-refractivity contribution >= 4 is 33.3 Å². The number of aliphatic carboxylic acids is 1. The summed E-state index contributed by atoms with van der Waals surface area (Å²) in [7, 11) is 0. The molecular formula is C19H29N3O2S. The van der Waals surface area contributed by atoms with E-state index in [0.717, 1.165) is 42.9 Å². The zero-order chi connectivity index (χ0) is 18.1. The summed E-state index contributed by atoms with van der Waals surface area (Å²) >= 11 is 1.73. The lowest BCUT2D eigenvalue weighted by Crippen LogP contribution is -2.04. The van der Waals surface area contributed by atoms with Gasteiger partial charge in [0.1, 0.15) is 17.0 Å². The van der Waals surface area contributed by atoms with Crippen LogP contribution in [0.1, 0.15) is 68.2 Å². The van der Waals surface area contributed by atoms with Gasteiger partial charge in [0.25, 0.3) is 0 Å². The number of hydrogen-bond donors (Lipinski definition) is 2. The van der Waals surface area contributed by atoms with E-state index in [-0.39, 0.29) is 0 Å². The predicted octanol–water partition coefficient (Wildman–Crippen LogP) is 5.32. The quantitative estimate of drug-likeness (QED) is 0.499. The highest BCUT2D eigenvalue weighted by molar-refractivity contribution is 7.18. The van der Waals surface area contributed by atoms with E-state index in [1.165, 1.54) is 41.5 Å². The van der Waals surface area contributed by atoms with Gasteiger partial charge in [0.2, 0.25) is 0 Å². The van der Waals surface area contributed by atoms with Gasteiger partial charge in [0.05, 0.1) is 5.39 Å². The Labute approximate surface area is 153 Å². The van der Waals surface area contributed by atoms with Crippen LogP contribution in [0.15, 0.2) is 6.33 Å². The summed E-state index contributed by atoms with van der Waals surface area (Å²) in [6.45, 7) is 5.21. The normalized spacial score (nSPS) is 11.1. The van der Waals surface area contributed by atoms with E-state index in [1.54, 1.807) is 17.7 Å². The molecule has 0 bridgehead atoms. The monoisotopic (exact) mass is 363 g/mol. The maximum atomic E-state index is 10.4. The molecule has 2 rings (SSSR count). The summed E-state index contributed by atoms with van der Waals surface area (Å²) in [6, 6.07) is 0. The molecule has 0 aromatic carbocycles. The Balaban J connectivity index is 1.57. The third kappa shape index (κ3) is 6.27. The fourth-order valence-corrected chi connectivity index (χ4v) is 3.98. The standard InChI is InChI=1S/C19H29N3O2S/c1-14-15(2)25-19-17(14)18(21-13-22-19)20-12-10-8-6-4-3-5-7-9-11-16(23)24/h13H,3-12H2,1-2H3,(H,23,24)(H,20,21,22). The average Bonchev–Trinajstić information content (AvgIpc) is 2.87. The third-order valence-electron chi connectivity index (χ3n) is 4.58. The summed E-state index contributed by atoms with van der Waals surface area (Å²) in [4.78, 5) is 21.6. The van der Waals surface area contributed by atoms with Crippen molar-refractivity contribution < 1.29 is 9.90 Å². The second-order valence-corrected chi connectivity index (χ2v) is 7.79. The maximum absolute atomic E-state index is 10.4. The van der Waals surface area contributed by atoms with Crippen molar-refractivity contribution in [1.82, 2.24) is 9.97 Å². The number of fused-ring (bicyclic) bond motifs is 1. The molecular weight excluding hydrogens is 334 g/mol. The molecule has 0 fully saturated rings. The summed E-state index contributed by atoms with van der Waals surface area (Å²) < 4.78 is 0. The van der Waals surface area contributed by atoms with Crippen LogP contribution in [0, 0.1) is 13.8 Å². The van der Waals surface area contributed by atoms with Crippen LogP contribution in [0.5, 0.6) is 0 Å². The molecule has 2 heterocycles. The van der Waals surface area contributed by atoms with Crippen molar-refractivity contribution in [2.45, 2.75) is 71.6 Å². The average molecular weight is 364 g/mol. The van der Waals surface area contributed by atoms with Gasteiger partial charge in [-0.3, -0.25) is 4.79 Å². The number of aromatic nitrogens is 2. The molecule has 2 aromatic heterocycles. The lowest BCUT2D eigenvalue weighted by atomic mass is 10.1. The molecule has 0 radical (unpaired) electrons. The zero-order valence-corrected chi connectivity index (χ0v) is 16.1. The first-order chi connectivity index (χ1) is 12.1. The Hall–Kier alpha value is -1.69. The van der Waals surface area contributed by atoms with Gasteiger partial charge in [0, 0.05) is 17.8 Å². The van der Waals surface area contributed by atoms with Crippen molar-refractivity contribution in [2.24, 2.45) is 0 Å². The lowest BCUT2D eigenvalue weighted by molar-refractivity contribution is -0.137. The molecule has 25 heavy (non-hydrogen) atoms. The van der Waals surface area contributed by atoms with Gasteiger partial charge in [-0.05, 0) is 32.3 Å². The fourth-order valence-electron chi connectivity index (χ4n) is 2.99. The van der Waals surface area contributed by atoms with Gasteiger partial charge in [-0.1, -0.05) is 38.5 Å². The molecule has 5 nitrogen and oxygen atoms in total. The molecule has 6 heteroatoms. The minimum Gasteiger partial charge on any atom is -0.481 e. The third-order valence-corrected chi connectivity index (χ3v) is 5.69. The molecule has 138 valence electrons. The molecule has 0 saturated carbocycles. The molecule has 2 N–H and O–H groups in total. The Morgan fingerprint density at radius 1 is 1.04 bits per heavy atom. The van der Waals surface area contributed by atoms with Crippen LogP contribution in [0.25, 0.3) is 10.2 Å². The number of carboxylic acid groups (broad SMARTS) is 1. The van der Waals surface area contributed by atoms with Gasteiger partial charge in [0.15, 0.2) is 0 Å². The number of nitrogens with one attached hydrogen (secondary N) is 1. The predicted molar refractivity (Wildman–Crippen MR) is 105 cm³/mol. The van der Waals surface area contributed by atoms with Crippen LogP contribution in [0.3, 0.4) is 0 Å². The molecule has 0 unspecified atom stereocenters. The second-order valence-electron chi connectivity index (χ2n) is 6.58. The summed E-state index contributed by atoms with van der Waals surface area (Å²) in [5.41, 5.74) is 1.28. The van der Waals surface area contributed by atoms with E-state index >= 15 is 0 Å². The Morgan fingerprint density at radius 3 is 2.36 bits per heavy atom. The summed E-state index contributed by atoms with van der Waals surface area (Å²) in [6.07, 6.45) is 11.0. The molecule has 0 saturated heterocycles. The second kappa shape index (κ2) is 10.3. The number of unbranched alkanes of at least 4 members (excludes halogenated alkanes) is 7. The Morgan fingerprint density at radius 2 is 1.68 bits per heavy atom. The first kappa shape index (κ1) is 19.6. The van der Waals surface area contributed by atoms with E-state index in [1.807, 2.05) is 0 Å². The van der Waals surface area contributed by atoms with Crippen molar-refractivity contribution in [3.05, 3.63) is 16.8 Å². The van der Waals surface area contributed by atoms with Crippen LogP contribution in [0.2, 0.25) is 0 Å². The van der Waals surface area contributed by atoms with E-state index in [2.05, 4.69) is 29.1 Å². The van der Waals surface area contributed by atoms with Crippen LogP contribution in [-0.2, 0) is 4.79 Å². The minimum absolute atomic E-state index is 0.311. The first-order valence-corrected chi connectivity index (χ1v) is 10.1. The number of aryl methyl sites for hydroxylation is 2. The van der Waals surface area contributed by atoms with Gasteiger partial charge >= 0.3 is 5.97 Å². The van der Waals surface area contributed by atoms with Crippen LogP contribution in [-0.4, -0.2) is 27.6 Å². The van der Waals surface area contributed by atoms with Gasteiger partial charge in [-0.25, -0.2) is 9.97 Å². The highest BCUT2D eigenvalue weighted by atomic mass is 32.1. The minimum atomic E-state index is -0.679. The van der Waals surface area contributed by atoms with Gasteiger partial charge in [-0.15, -0.1) is 11.3 Å². The number of nitrogens with zero attached hydrogens (tertiary/aromatic N) is 2. The summed E-state index contributed by atoms with van der Waals surface area (Å²) in [5, 5.41) is 13.2. The van der Waals surface area contributed by atoms with Crippen LogP contribution >= 0.6 is 11.3 Å². The number of carboxylic acids is 1. The SMILES string of the molecule is Cc1sc2ncnc(NCCCCCCCCCCC(=O)O)c2c1C. The lowest BCUT2D eigenvalue weighted by Gasteiger charge is -2.07. The molecule has 0 atom stereocenters. The molecule has 0 amide bonds. The van der Waals surface area contributed by atoms with E-state index in [0.29, 0.717) is 6.42 Å². The van der Waals surface area contributed by atoms with E-state index in [4.69, 9.17) is 5.11 Å². The zero-order valence-electron chi connectivity index (χ0n) is 15.3. The Kier molecular flexibility index (Phi) is 8.12. The Bertz CT molecular complexity index is 685. The van der Waals surface area contributed by atoms with E-state index < -0.39 is 5.97 Å². The molecule has 2 aromatic rings. The van der Waals surface area contributed by atoms with Crippen LogP contribution in [0.4, 0.5) is 5.82 Å². The molecule has 0 aliphatic carbocycles. The molecule has 0 aliphatic rings. The highest BCUT2D eigenvalue weighted by Crippen LogP contribution is 2.32. The fraction of sp³-hybridized carbons (Fsp3) is 0.632. The van der Waals surface area contributed by atoms with Crippen molar-refractivity contribution in [1.29, 1.82) is 0 Å². The van der Waals surface area contributed by atoms with Gasteiger partial charge in [-0.2, -0.15) is 0 Å². The van der Waals surface area contributed by atoms with Crippen molar-refractivity contribution in [2.75, 3.05) is 11.9 Å². The number of thiophene rings is 1. The number of carbonyl (C=O) groups is 1. The summed E-state index contributed by atoms with van der Waals surface area (Å²) in [5.74, 6) is 0.284. The molecule has 0 spiro atoms. The largest absolute Gasteiger partial charge is 0.481 e. The maximum Gasteiger partial charge on any atom is 0.303 e. The van der Waals surface area contributed by atoms with E-state index in [9.17, 15) is 4.79 Å². The van der Waals surface area contributed by atoms with Crippen molar-refractivity contribution in [3.8, 4) is 0 Å². The highest BCUT2D eigenvalue weighted by Gasteiger charge is 2.11. The number of rotatable bonds is 12. The first-order valence-electron chi connectivity index (χ1n) is 9.26. The van der Waals surface area contributed by atoms with Crippen molar-refractivity contribution in [3.63, 3.8) is 0 Å². The van der Waals surface area contributed by atoms with Crippen LogP contribution < -0.4 is 5.32 Å². The smallest absolute Gasteiger partial charge is 0.303 e. The van der Waals surface area contributed by atoms with Gasteiger partial charge < -0.3 is 10.4 Å². The number of anilines is 1. The number of hydrogen-bond acceptors (Lipinski definition) is 5.